The van der Waals surface area contributed by atoms with Gasteiger partial charge in [-0.25, -0.2) is 0 Å². The highest BCUT2D eigenvalue weighted by Crippen LogP contribution is 2.30. The monoisotopic (exact) mass is 263 g/mol. The summed E-state index contributed by atoms with van der Waals surface area (Å²) in [6.45, 7) is 8.16. The summed E-state index contributed by atoms with van der Waals surface area (Å²) in [5.41, 5.74) is 6.47. The van der Waals surface area contributed by atoms with E-state index in [1.165, 1.54) is 0 Å². The first-order valence-electron chi connectivity index (χ1n) is 6.62. The molecule has 1 aromatic carbocycles. The molecule has 0 unspecified atom stereocenters. The van der Waals surface area contributed by atoms with E-state index in [1.807, 2.05) is 38.1 Å². The number of aryl methyl sites for hydroxylation is 2. The summed E-state index contributed by atoms with van der Waals surface area (Å²) in [7, 11) is 0. The van der Waals surface area contributed by atoms with Gasteiger partial charge in [0.25, 0.3) is 0 Å². The Morgan fingerprint density at radius 2 is 1.85 bits per heavy atom. The van der Waals surface area contributed by atoms with Gasteiger partial charge in [0.05, 0.1) is 5.69 Å². The van der Waals surface area contributed by atoms with E-state index in [-0.39, 0.29) is 0 Å². The Labute approximate surface area is 118 Å². The van der Waals surface area contributed by atoms with E-state index in [0.717, 1.165) is 33.9 Å². The third-order valence-corrected chi connectivity index (χ3v) is 3.48. The topological polar surface area (TPSA) is 31.9 Å². The van der Waals surface area contributed by atoms with Gasteiger partial charge in [-0.05, 0) is 32.1 Å². The number of benzene rings is 1. The van der Waals surface area contributed by atoms with Crippen molar-refractivity contribution >= 4 is 11.3 Å². The summed E-state index contributed by atoms with van der Waals surface area (Å²) in [6, 6.07) is 10.2. The number of nitrogens with one attached hydrogen (secondary N) is 1. The van der Waals surface area contributed by atoms with Crippen LogP contribution in [0.3, 0.4) is 0 Å². The molecule has 2 aromatic rings. The molecule has 3 heteroatoms. The van der Waals surface area contributed by atoms with Gasteiger partial charge in [-0.1, -0.05) is 30.9 Å². The molecule has 0 bridgehead atoms. The van der Waals surface area contributed by atoms with Crippen molar-refractivity contribution in [2.24, 2.45) is 0 Å². The lowest BCUT2D eigenvalue weighted by atomic mass is 10.0. The highest BCUT2D eigenvalue weighted by atomic mass is 15.1. The predicted molar refractivity (Wildman–Crippen MR) is 83.2 cm³/mol. The lowest BCUT2D eigenvalue weighted by Gasteiger charge is -2.25. The minimum Gasteiger partial charge on any atom is -0.317 e. The van der Waals surface area contributed by atoms with E-state index in [9.17, 15) is 0 Å². The Bertz CT molecular complexity index is 686. The van der Waals surface area contributed by atoms with Crippen molar-refractivity contribution in [1.29, 1.82) is 0 Å². The molecule has 0 radical (unpaired) electrons. The van der Waals surface area contributed by atoms with Crippen molar-refractivity contribution in [3.8, 4) is 0 Å². The van der Waals surface area contributed by atoms with E-state index in [4.69, 9.17) is 0 Å². The van der Waals surface area contributed by atoms with E-state index in [0.29, 0.717) is 0 Å². The molecule has 0 amide bonds. The van der Waals surface area contributed by atoms with Crippen molar-refractivity contribution < 1.29 is 0 Å². The smallest absolute Gasteiger partial charge is 0.0672 e. The zero-order valence-electron chi connectivity index (χ0n) is 11.7. The van der Waals surface area contributed by atoms with Crippen LogP contribution in [-0.2, 0) is 0 Å². The van der Waals surface area contributed by atoms with Gasteiger partial charge >= 0.3 is 0 Å². The number of H-pyrrole nitrogens is 1. The molecule has 1 aromatic heterocycles. The van der Waals surface area contributed by atoms with Crippen LogP contribution in [0, 0.1) is 13.8 Å². The number of hydrogen-bond acceptors (Lipinski definition) is 2. The van der Waals surface area contributed by atoms with E-state index >= 15 is 0 Å². The van der Waals surface area contributed by atoms with Crippen molar-refractivity contribution in [3.63, 3.8) is 0 Å². The molecule has 0 atom stereocenters. The van der Waals surface area contributed by atoms with E-state index in [2.05, 4.69) is 46.1 Å². The fourth-order valence-electron chi connectivity index (χ4n) is 2.48. The van der Waals surface area contributed by atoms with Crippen LogP contribution in [0.25, 0.3) is 5.57 Å². The maximum atomic E-state index is 4.27. The van der Waals surface area contributed by atoms with Crippen LogP contribution >= 0.6 is 0 Å². The quantitative estimate of drug-likeness (QED) is 0.889. The first-order chi connectivity index (χ1) is 9.66. The molecular weight excluding hydrogens is 246 g/mol. The predicted octanol–water partition coefficient (Wildman–Crippen LogP) is 3.96. The Balaban J connectivity index is 2.06. The second-order valence-corrected chi connectivity index (χ2v) is 4.92. The van der Waals surface area contributed by atoms with Crippen molar-refractivity contribution in [2.75, 3.05) is 4.90 Å². The molecule has 100 valence electrons. The molecule has 3 rings (SSSR count). The number of aromatic nitrogens is 2. The number of anilines is 1. The van der Waals surface area contributed by atoms with Gasteiger partial charge in [-0.2, -0.15) is 5.10 Å². The molecule has 2 heterocycles. The Kier molecular flexibility index (Phi) is 3.03. The minimum atomic E-state index is 0.957. The van der Waals surface area contributed by atoms with Crippen LogP contribution in [0.5, 0.6) is 0 Å². The zero-order valence-corrected chi connectivity index (χ0v) is 11.7. The number of para-hydroxylation sites is 1. The average Bonchev–Trinajstić information content (AvgIpc) is 2.80. The molecule has 0 saturated heterocycles. The summed E-state index contributed by atoms with van der Waals surface area (Å²) in [6.07, 6.45) is 6.24. The van der Waals surface area contributed by atoms with Crippen LogP contribution in [0.1, 0.15) is 17.0 Å². The summed E-state index contributed by atoms with van der Waals surface area (Å²) in [5, 5.41) is 7.30. The second-order valence-electron chi connectivity index (χ2n) is 4.92. The molecule has 0 saturated carbocycles. The summed E-state index contributed by atoms with van der Waals surface area (Å²) in [4.78, 5) is 2.10. The van der Waals surface area contributed by atoms with Crippen LogP contribution in [0.2, 0.25) is 0 Å². The van der Waals surface area contributed by atoms with Crippen molar-refractivity contribution in [2.45, 2.75) is 13.8 Å². The van der Waals surface area contributed by atoms with Crippen LogP contribution in [0.4, 0.5) is 5.69 Å². The van der Waals surface area contributed by atoms with Crippen molar-refractivity contribution in [1.82, 2.24) is 10.2 Å². The molecule has 1 aliphatic heterocycles. The third-order valence-electron chi connectivity index (χ3n) is 3.48. The number of rotatable bonds is 2. The molecular formula is C17H17N3. The number of aromatic amines is 1. The minimum absolute atomic E-state index is 0.957. The van der Waals surface area contributed by atoms with Gasteiger partial charge in [-0.15, -0.1) is 0 Å². The molecule has 0 fully saturated rings. The number of hydrogen-bond donors (Lipinski definition) is 1. The average molecular weight is 263 g/mol. The number of allylic oxidation sites excluding steroid dienone is 3. The van der Waals surface area contributed by atoms with Crippen molar-refractivity contribution in [3.05, 3.63) is 77.9 Å². The van der Waals surface area contributed by atoms with Crippen LogP contribution < -0.4 is 4.90 Å². The Morgan fingerprint density at radius 1 is 1.10 bits per heavy atom. The molecule has 1 aliphatic rings. The van der Waals surface area contributed by atoms with Crippen LogP contribution in [0.15, 0.2) is 61.0 Å². The molecule has 3 nitrogen and oxygen atoms in total. The van der Waals surface area contributed by atoms with Crippen LogP contribution in [-0.4, -0.2) is 10.2 Å². The lowest BCUT2D eigenvalue weighted by Crippen LogP contribution is -2.16. The third kappa shape index (κ3) is 2.07. The highest BCUT2D eigenvalue weighted by molar-refractivity contribution is 5.82. The highest BCUT2D eigenvalue weighted by Gasteiger charge is 2.16. The van der Waals surface area contributed by atoms with E-state index < -0.39 is 0 Å². The van der Waals surface area contributed by atoms with Gasteiger partial charge in [-0.3, -0.25) is 5.10 Å². The second kappa shape index (κ2) is 4.85. The van der Waals surface area contributed by atoms with Gasteiger partial charge in [0, 0.05) is 34.4 Å². The SMILES string of the molecule is C=C1C=CC(c2c(C)n[nH]c2C)=CN1c1ccccc1. The first kappa shape index (κ1) is 12.5. The maximum absolute atomic E-state index is 4.27. The summed E-state index contributed by atoms with van der Waals surface area (Å²) >= 11 is 0. The van der Waals surface area contributed by atoms with Gasteiger partial charge in [0.15, 0.2) is 0 Å². The molecule has 0 spiro atoms. The first-order valence-corrected chi connectivity index (χ1v) is 6.62. The fraction of sp³-hybridized carbons (Fsp3) is 0.118. The fourth-order valence-corrected chi connectivity index (χ4v) is 2.48. The Morgan fingerprint density at radius 3 is 2.50 bits per heavy atom. The normalized spacial score (nSPS) is 14.6. The lowest BCUT2D eigenvalue weighted by molar-refractivity contribution is 1.02. The molecule has 1 N–H and O–H groups in total. The molecule has 0 aliphatic carbocycles. The van der Waals surface area contributed by atoms with E-state index in [1.54, 1.807) is 0 Å². The largest absolute Gasteiger partial charge is 0.317 e. The maximum Gasteiger partial charge on any atom is 0.0672 e. The number of nitrogens with zero attached hydrogens (tertiary/aromatic N) is 2. The van der Waals surface area contributed by atoms with Gasteiger partial charge in [0.2, 0.25) is 0 Å². The van der Waals surface area contributed by atoms with Gasteiger partial charge in [0.1, 0.15) is 0 Å². The zero-order chi connectivity index (χ0) is 14.1. The van der Waals surface area contributed by atoms with Gasteiger partial charge < -0.3 is 4.90 Å². The molecule has 20 heavy (non-hydrogen) atoms. The summed E-state index contributed by atoms with van der Waals surface area (Å²) < 4.78 is 0. The summed E-state index contributed by atoms with van der Waals surface area (Å²) in [5.74, 6) is 0. The Hall–Kier alpha value is -2.55. The standard InChI is InChI=1S/C17H17N3/c1-12-9-10-15(17-13(2)18-19-14(17)3)11-20(12)16-7-5-4-6-8-16/h4-11H,1H2,2-3H3,(H,18,19).